The van der Waals surface area contributed by atoms with Crippen molar-refractivity contribution in [1.29, 1.82) is 0 Å². The molecular weight excluding hydrogens is 421 g/mol. The zero-order valence-electron chi connectivity index (χ0n) is 19.1. The van der Waals surface area contributed by atoms with Gasteiger partial charge in [-0.25, -0.2) is 4.39 Å². The molecule has 176 valence electrons. The molecule has 2 aromatic carbocycles. The maximum Gasteiger partial charge on any atom is 0.165 e. The van der Waals surface area contributed by atoms with Gasteiger partial charge in [-0.15, -0.1) is 0 Å². The second-order valence-electron chi connectivity index (χ2n) is 8.85. The van der Waals surface area contributed by atoms with Gasteiger partial charge in [0.15, 0.2) is 11.6 Å². The Morgan fingerprint density at radius 2 is 1.88 bits per heavy atom. The van der Waals surface area contributed by atoms with Crippen molar-refractivity contribution in [3.8, 4) is 11.5 Å². The van der Waals surface area contributed by atoms with Crippen LogP contribution in [0.5, 0.6) is 11.5 Å². The van der Waals surface area contributed by atoms with Crippen molar-refractivity contribution in [2.75, 3.05) is 26.3 Å². The lowest BCUT2D eigenvalue weighted by Crippen LogP contribution is -2.37. The van der Waals surface area contributed by atoms with Crippen LogP contribution in [0, 0.1) is 12.7 Å². The highest BCUT2D eigenvalue weighted by molar-refractivity contribution is 5.27. The summed E-state index contributed by atoms with van der Waals surface area (Å²) in [6, 6.07) is 14.5. The molecule has 33 heavy (non-hydrogen) atoms. The molecule has 1 aromatic heterocycles. The Balaban J connectivity index is 1.22. The molecule has 4 rings (SSSR count). The minimum Gasteiger partial charge on any atom is -0.492 e. The third-order valence-electron chi connectivity index (χ3n) is 6.02. The summed E-state index contributed by atoms with van der Waals surface area (Å²) in [5.74, 6) is 0.632. The van der Waals surface area contributed by atoms with Crippen LogP contribution in [0.1, 0.15) is 30.4 Å². The number of rotatable bonds is 9. The van der Waals surface area contributed by atoms with E-state index in [-0.39, 0.29) is 12.4 Å². The van der Waals surface area contributed by atoms with Crippen molar-refractivity contribution < 1.29 is 19.0 Å². The lowest BCUT2D eigenvalue weighted by molar-refractivity contribution is -0.0177. The van der Waals surface area contributed by atoms with E-state index in [9.17, 15) is 9.50 Å². The highest BCUT2D eigenvalue weighted by Crippen LogP contribution is 2.26. The first-order valence-electron chi connectivity index (χ1n) is 11.5. The van der Waals surface area contributed by atoms with Gasteiger partial charge in [0.25, 0.3) is 0 Å². The molecule has 1 aliphatic rings. The molecule has 1 aliphatic heterocycles. The maximum atomic E-state index is 13.8. The standard InChI is InChI=1S/C26H32FN3O3/c1-21-17-28-30(18-21)15-16-32-23-9-7-22(8-10-23)19-29-13-4-11-26(31,12-14-29)20-33-25-6-3-2-5-24(25)27/h2-3,5-10,17-18,31H,4,11-16,19-20H2,1H3. The van der Waals surface area contributed by atoms with Crippen molar-refractivity contribution in [1.82, 2.24) is 14.7 Å². The van der Waals surface area contributed by atoms with E-state index < -0.39 is 11.4 Å². The summed E-state index contributed by atoms with van der Waals surface area (Å²) >= 11 is 0. The van der Waals surface area contributed by atoms with Gasteiger partial charge < -0.3 is 14.6 Å². The quantitative estimate of drug-likeness (QED) is 0.526. The minimum atomic E-state index is -0.943. The number of para-hydroxylation sites is 1. The summed E-state index contributed by atoms with van der Waals surface area (Å²) in [4.78, 5) is 2.34. The molecule has 3 aromatic rings. The molecule has 0 bridgehead atoms. The molecule has 0 radical (unpaired) electrons. The van der Waals surface area contributed by atoms with Gasteiger partial charge >= 0.3 is 0 Å². The average molecular weight is 454 g/mol. The summed E-state index contributed by atoms with van der Waals surface area (Å²) in [5, 5.41) is 15.3. The van der Waals surface area contributed by atoms with Gasteiger partial charge in [0.1, 0.15) is 19.0 Å². The number of aryl methyl sites for hydroxylation is 1. The molecule has 1 N–H and O–H groups in total. The van der Waals surface area contributed by atoms with Crippen molar-refractivity contribution in [2.45, 2.75) is 44.9 Å². The maximum absolute atomic E-state index is 13.8. The van der Waals surface area contributed by atoms with Gasteiger partial charge in [-0.3, -0.25) is 9.58 Å². The zero-order valence-corrected chi connectivity index (χ0v) is 19.1. The van der Waals surface area contributed by atoms with Crippen LogP contribution in [-0.4, -0.2) is 51.7 Å². The van der Waals surface area contributed by atoms with E-state index in [1.807, 2.05) is 36.1 Å². The molecule has 1 atom stereocenters. The van der Waals surface area contributed by atoms with E-state index in [1.54, 1.807) is 18.2 Å². The molecule has 1 saturated heterocycles. The number of nitrogens with zero attached hydrogens (tertiary/aromatic N) is 3. The fourth-order valence-corrected chi connectivity index (χ4v) is 4.11. The first-order chi connectivity index (χ1) is 16.0. The summed E-state index contributed by atoms with van der Waals surface area (Å²) in [7, 11) is 0. The Morgan fingerprint density at radius 3 is 2.64 bits per heavy atom. The molecule has 2 heterocycles. The van der Waals surface area contributed by atoms with Crippen LogP contribution in [0.15, 0.2) is 60.9 Å². The Hall–Kier alpha value is -2.90. The monoisotopic (exact) mass is 453 g/mol. The van der Waals surface area contributed by atoms with Crippen LogP contribution >= 0.6 is 0 Å². The van der Waals surface area contributed by atoms with E-state index in [0.29, 0.717) is 26.0 Å². The van der Waals surface area contributed by atoms with Gasteiger partial charge in [-0.1, -0.05) is 24.3 Å². The van der Waals surface area contributed by atoms with E-state index in [4.69, 9.17) is 9.47 Å². The number of aliphatic hydroxyl groups is 1. The molecule has 6 nitrogen and oxygen atoms in total. The van der Waals surface area contributed by atoms with Gasteiger partial charge in [-0.05, 0) is 68.1 Å². The number of benzene rings is 2. The molecule has 0 amide bonds. The Bertz CT molecular complexity index is 1020. The van der Waals surface area contributed by atoms with Crippen molar-refractivity contribution in [2.24, 2.45) is 0 Å². The largest absolute Gasteiger partial charge is 0.492 e. The number of ether oxygens (including phenoxy) is 2. The summed E-state index contributed by atoms with van der Waals surface area (Å²) < 4.78 is 27.1. The number of aromatic nitrogens is 2. The number of hydrogen-bond acceptors (Lipinski definition) is 5. The minimum absolute atomic E-state index is 0.103. The van der Waals surface area contributed by atoms with Crippen LogP contribution in [0.3, 0.4) is 0 Å². The van der Waals surface area contributed by atoms with Crippen molar-refractivity contribution >= 4 is 0 Å². The smallest absolute Gasteiger partial charge is 0.165 e. The van der Waals surface area contributed by atoms with Gasteiger partial charge in [0, 0.05) is 19.3 Å². The Kier molecular flexibility index (Phi) is 7.62. The van der Waals surface area contributed by atoms with Crippen molar-refractivity contribution in [3.63, 3.8) is 0 Å². The van der Waals surface area contributed by atoms with Gasteiger partial charge in [0.05, 0.1) is 18.3 Å². The molecule has 1 fully saturated rings. The molecule has 7 heteroatoms. The second-order valence-corrected chi connectivity index (χ2v) is 8.85. The topological polar surface area (TPSA) is 59.8 Å². The van der Waals surface area contributed by atoms with Crippen LogP contribution in [0.4, 0.5) is 4.39 Å². The second kappa shape index (κ2) is 10.8. The zero-order chi connectivity index (χ0) is 23.1. The molecule has 1 unspecified atom stereocenters. The summed E-state index contributed by atoms with van der Waals surface area (Å²) in [6.45, 7) is 5.89. The van der Waals surface area contributed by atoms with Gasteiger partial charge in [-0.2, -0.15) is 5.10 Å². The van der Waals surface area contributed by atoms with Crippen LogP contribution in [-0.2, 0) is 13.1 Å². The number of likely N-dealkylation sites (tertiary alicyclic amines) is 1. The predicted molar refractivity (Wildman–Crippen MR) is 125 cm³/mol. The highest BCUT2D eigenvalue weighted by Gasteiger charge is 2.31. The number of hydrogen-bond donors (Lipinski definition) is 1. The lowest BCUT2D eigenvalue weighted by atomic mass is 9.96. The van der Waals surface area contributed by atoms with E-state index in [2.05, 4.69) is 22.1 Å². The fourth-order valence-electron chi connectivity index (χ4n) is 4.11. The Labute approximate surface area is 194 Å². The normalized spacial score (nSPS) is 19.2. The Morgan fingerprint density at radius 1 is 1.06 bits per heavy atom. The molecule has 0 aliphatic carbocycles. The van der Waals surface area contributed by atoms with E-state index >= 15 is 0 Å². The average Bonchev–Trinajstić information content (AvgIpc) is 3.13. The lowest BCUT2D eigenvalue weighted by Gasteiger charge is -2.27. The van der Waals surface area contributed by atoms with E-state index in [1.165, 1.54) is 11.6 Å². The SMILES string of the molecule is Cc1cnn(CCOc2ccc(CN3CCCC(O)(COc4ccccc4F)CC3)cc2)c1. The molecule has 0 spiro atoms. The first kappa shape index (κ1) is 23.3. The van der Waals surface area contributed by atoms with E-state index in [0.717, 1.165) is 37.4 Å². The third kappa shape index (κ3) is 6.79. The molecular formula is C26H32FN3O3. The summed E-state index contributed by atoms with van der Waals surface area (Å²) in [5.41, 5.74) is 1.41. The van der Waals surface area contributed by atoms with Crippen LogP contribution in [0.2, 0.25) is 0 Å². The number of halogens is 1. The highest BCUT2D eigenvalue weighted by atomic mass is 19.1. The molecule has 0 saturated carbocycles. The first-order valence-corrected chi connectivity index (χ1v) is 11.5. The predicted octanol–water partition coefficient (Wildman–Crippen LogP) is 4.21. The van der Waals surface area contributed by atoms with Crippen molar-refractivity contribution in [3.05, 3.63) is 77.9 Å². The van der Waals surface area contributed by atoms with Crippen LogP contribution in [0.25, 0.3) is 0 Å². The summed E-state index contributed by atoms with van der Waals surface area (Å²) in [6.07, 6.45) is 5.94. The van der Waals surface area contributed by atoms with Crippen LogP contribution < -0.4 is 9.47 Å². The third-order valence-corrected chi connectivity index (χ3v) is 6.02. The van der Waals surface area contributed by atoms with Gasteiger partial charge in [0.2, 0.25) is 0 Å². The fraction of sp³-hybridized carbons (Fsp3) is 0.423.